The number of hydrogen-bond acceptors (Lipinski definition) is 2. The Hall–Kier alpha value is -0.280. The molecule has 0 aromatic carbocycles. The molecule has 2 rings (SSSR count). The van der Waals surface area contributed by atoms with E-state index in [1.54, 1.807) is 0 Å². The van der Waals surface area contributed by atoms with Gasteiger partial charge in [0.05, 0.1) is 5.41 Å². The van der Waals surface area contributed by atoms with Gasteiger partial charge in [0.1, 0.15) is 0 Å². The van der Waals surface area contributed by atoms with Crippen LogP contribution in [0.2, 0.25) is 0 Å². The molecule has 1 N–H and O–H groups in total. The molecule has 2 fully saturated rings. The van der Waals surface area contributed by atoms with Crippen molar-refractivity contribution in [3.63, 3.8) is 0 Å². The van der Waals surface area contributed by atoms with Gasteiger partial charge in [-0.05, 0) is 32.2 Å². The van der Waals surface area contributed by atoms with Gasteiger partial charge in [-0.2, -0.15) is 0 Å². The van der Waals surface area contributed by atoms with E-state index in [4.69, 9.17) is 0 Å². The number of rotatable bonds is 0. The summed E-state index contributed by atoms with van der Waals surface area (Å²) in [4.78, 5) is 13.9. The maximum atomic E-state index is 12.0. The minimum atomic E-state index is -0.0365. The van der Waals surface area contributed by atoms with Crippen LogP contribution in [0.25, 0.3) is 0 Å². The summed E-state index contributed by atoms with van der Waals surface area (Å²) in [7, 11) is 1.93. The maximum absolute atomic E-state index is 12.0. The molecule has 0 saturated carbocycles. The Kier molecular flexibility index (Phi) is 3.78. The Balaban J connectivity index is 0.000000980. The van der Waals surface area contributed by atoms with Crippen LogP contribution in [0.15, 0.2) is 0 Å². The third-order valence-electron chi connectivity index (χ3n) is 3.42. The molecular weight excluding hydrogens is 200 g/mol. The number of carbonyl (C=O) groups is 1. The first-order valence-electron chi connectivity index (χ1n) is 5.21. The molecule has 0 aliphatic carbocycles. The van der Waals surface area contributed by atoms with Crippen molar-refractivity contribution in [3.8, 4) is 0 Å². The van der Waals surface area contributed by atoms with Crippen LogP contribution in [0.4, 0.5) is 0 Å². The van der Waals surface area contributed by atoms with E-state index in [1.165, 1.54) is 6.42 Å². The van der Waals surface area contributed by atoms with E-state index >= 15 is 0 Å². The van der Waals surface area contributed by atoms with Crippen LogP contribution in [-0.4, -0.2) is 37.5 Å². The second-order valence-electron chi connectivity index (χ2n) is 4.39. The summed E-state index contributed by atoms with van der Waals surface area (Å²) < 4.78 is 0. The average molecular weight is 219 g/mol. The van der Waals surface area contributed by atoms with Crippen LogP contribution in [0.1, 0.15) is 25.7 Å². The molecule has 1 amide bonds. The van der Waals surface area contributed by atoms with E-state index in [0.29, 0.717) is 5.91 Å². The highest BCUT2D eigenvalue weighted by Crippen LogP contribution is 2.36. The molecule has 4 heteroatoms. The molecule has 2 saturated heterocycles. The number of halogens is 1. The molecule has 2 aliphatic rings. The Bertz CT molecular complexity index is 209. The first kappa shape index (κ1) is 11.8. The Morgan fingerprint density at radius 2 is 2.07 bits per heavy atom. The lowest BCUT2D eigenvalue weighted by molar-refractivity contribution is -0.146. The standard InChI is InChI=1S/C10H18N2O.ClH/c1-12-7-3-5-10(9(12)13)4-2-6-11-8-10;/h11H,2-8H2,1H3;1H. The van der Waals surface area contributed by atoms with Crippen molar-refractivity contribution >= 4 is 18.3 Å². The zero-order valence-corrected chi connectivity index (χ0v) is 9.53. The molecule has 0 bridgehead atoms. The minimum absolute atomic E-state index is 0. The van der Waals surface area contributed by atoms with Crippen LogP contribution >= 0.6 is 12.4 Å². The zero-order valence-electron chi connectivity index (χ0n) is 8.71. The summed E-state index contributed by atoms with van der Waals surface area (Å²) in [5, 5.41) is 3.35. The molecule has 3 nitrogen and oxygen atoms in total. The molecule has 2 heterocycles. The fourth-order valence-electron chi connectivity index (χ4n) is 2.63. The number of nitrogens with zero attached hydrogens (tertiary/aromatic N) is 1. The minimum Gasteiger partial charge on any atom is -0.345 e. The normalized spacial score (nSPS) is 32.9. The summed E-state index contributed by atoms with van der Waals surface area (Å²) in [6.07, 6.45) is 4.50. The highest BCUT2D eigenvalue weighted by molar-refractivity contribution is 5.85. The van der Waals surface area contributed by atoms with Crippen LogP contribution in [0.3, 0.4) is 0 Å². The number of hydrogen-bond donors (Lipinski definition) is 1. The number of likely N-dealkylation sites (tertiary alicyclic amines) is 1. The number of carbonyl (C=O) groups excluding carboxylic acids is 1. The quantitative estimate of drug-likeness (QED) is 0.659. The Labute approximate surface area is 91.6 Å². The molecule has 82 valence electrons. The van der Waals surface area contributed by atoms with Crippen LogP contribution in [0, 0.1) is 5.41 Å². The fourth-order valence-corrected chi connectivity index (χ4v) is 2.63. The maximum Gasteiger partial charge on any atom is 0.229 e. The van der Waals surface area contributed by atoms with Gasteiger partial charge in [0, 0.05) is 20.1 Å². The molecule has 1 spiro atoms. The summed E-state index contributed by atoms with van der Waals surface area (Å²) >= 11 is 0. The van der Waals surface area contributed by atoms with Gasteiger partial charge in [0.25, 0.3) is 0 Å². The smallest absolute Gasteiger partial charge is 0.229 e. The van der Waals surface area contributed by atoms with Gasteiger partial charge in [-0.15, -0.1) is 12.4 Å². The Morgan fingerprint density at radius 1 is 1.36 bits per heavy atom. The summed E-state index contributed by atoms with van der Waals surface area (Å²) in [6, 6.07) is 0. The molecule has 2 aliphatic heterocycles. The van der Waals surface area contributed by atoms with Crippen LogP contribution in [-0.2, 0) is 4.79 Å². The highest BCUT2D eigenvalue weighted by atomic mass is 35.5. The van der Waals surface area contributed by atoms with Gasteiger partial charge >= 0.3 is 0 Å². The average Bonchev–Trinajstić information content (AvgIpc) is 2.16. The van der Waals surface area contributed by atoms with Gasteiger partial charge in [-0.1, -0.05) is 0 Å². The van der Waals surface area contributed by atoms with Crippen molar-refractivity contribution in [3.05, 3.63) is 0 Å². The highest BCUT2D eigenvalue weighted by Gasteiger charge is 2.43. The Morgan fingerprint density at radius 3 is 2.71 bits per heavy atom. The van der Waals surface area contributed by atoms with Crippen LogP contribution in [0.5, 0.6) is 0 Å². The van der Waals surface area contributed by atoms with Gasteiger partial charge in [-0.25, -0.2) is 0 Å². The van der Waals surface area contributed by atoms with Crippen molar-refractivity contribution in [2.45, 2.75) is 25.7 Å². The molecule has 1 atom stereocenters. The fraction of sp³-hybridized carbons (Fsp3) is 0.900. The van der Waals surface area contributed by atoms with Crippen molar-refractivity contribution in [2.24, 2.45) is 5.41 Å². The van der Waals surface area contributed by atoms with E-state index in [-0.39, 0.29) is 17.8 Å². The first-order chi connectivity index (χ1) is 6.25. The topological polar surface area (TPSA) is 32.3 Å². The molecular formula is C10H19ClN2O. The van der Waals surface area contributed by atoms with Crippen molar-refractivity contribution in [1.29, 1.82) is 0 Å². The lowest BCUT2D eigenvalue weighted by Crippen LogP contribution is -2.54. The molecule has 0 aromatic heterocycles. The largest absolute Gasteiger partial charge is 0.345 e. The predicted octanol–water partition coefficient (Wildman–Crippen LogP) is 1.03. The van der Waals surface area contributed by atoms with Gasteiger partial charge in [-0.3, -0.25) is 4.79 Å². The number of nitrogens with one attached hydrogen (secondary N) is 1. The van der Waals surface area contributed by atoms with Crippen molar-refractivity contribution in [2.75, 3.05) is 26.7 Å². The monoisotopic (exact) mass is 218 g/mol. The van der Waals surface area contributed by atoms with Crippen molar-refractivity contribution < 1.29 is 4.79 Å². The second-order valence-corrected chi connectivity index (χ2v) is 4.39. The summed E-state index contributed by atoms with van der Waals surface area (Å²) in [6.45, 7) is 2.93. The van der Waals surface area contributed by atoms with Gasteiger partial charge in [0.15, 0.2) is 0 Å². The van der Waals surface area contributed by atoms with Crippen molar-refractivity contribution in [1.82, 2.24) is 10.2 Å². The van der Waals surface area contributed by atoms with Gasteiger partial charge in [0.2, 0.25) is 5.91 Å². The van der Waals surface area contributed by atoms with Crippen LogP contribution < -0.4 is 5.32 Å². The number of amides is 1. The van der Waals surface area contributed by atoms with E-state index in [2.05, 4.69) is 5.32 Å². The lowest BCUT2D eigenvalue weighted by atomic mass is 9.74. The molecule has 0 radical (unpaired) electrons. The third-order valence-corrected chi connectivity index (χ3v) is 3.42. The summed E-state index contributed by atoms with van der Waals surface area (Å²) in [5.74, 6) is 0.367. The van der Waals surface area contributed by atoms with E-state index in [0.717, 1.165) is 38.9 Å². The van der Waals surface area contributed by atoms with E-state index in [1.807, 2.05) is 11.9 Å². The summed E-state index contributed by atoms with van der Waals surface area (Å²) in [5.41, 5.74) is -0.0365. The molecule has 14 heavy (non-hydrogen) atoms. The lowest BCUT2D eigenvalue weighted by Gasteiger charge is -2.42. The number of piperidine rings is 2. The second kappa shape index (κ2) is 4.49. The zero-order chi connectivity index (χ0) is 9.31. The van der Waals surface area contributed by atoms with E-state index in [9.17, 15) is 4.79 Å². The molecule has 1 unspecified atom stereocenters. The SMILES string of the molecule is CN1CCCC2(CCCNC2)C1=O.Cl. The predicted molar refractivity (Wildman–Crippen MR) is 58.7 cm³/mol. The molecule has 0 aromatic rings. The third kappa shape index (κ3) is 1.89. The van der Waals surface area contributed by atoms with Gasteiger partial charge < -0.3 is 10.2 Å². The van der Waals surface area contributed by atoms with E-state index < -0.39 is 0 Å². The first-order valence-corrected chi connectivity index (χ1v) is 5.21.